The van der Waals surface area contributed by atoms with E-state index in [0.717, 1.165) is 44.2 Å². The Hall–Kier alpha value is -1.42. The Morgan fingerprint density at radius 2 is 2.00 bits per heavy atom. The highest BCUT2D eigenvalue weighted by Gasteiger charge is 2.41. The Bertz CT molecular complexity index is 462. The van der Waals surface area contributed by atoms with Crippen molar-refractivity contribution < 1.29 is 9.18 Å². The molecule has 0 bridgehead atoms. The minimum absolute atomic E-state index is 0.0575. The molecule has 1 saturated carbocycles. The van der Waals surface area contributed by atoms with Gasteiger partial charge in [0.15, 0.2) is 0 Å². The summed E-state index contributed by atoms with van der Waals surface area (Å²) in [6.45, 7) is 0.918. The molecule has 1 aromatic rings. The van der Waals surface area contributed by atoms with Crippen LogP contribution < -0.4 is 10.6 Å². The Morgan fingerprint density at radius 3 is 2.53 bits per heavy atom. The van der Waals surface area contributed by atoms with Crippen LogP contribution in [0.4, 0.5) is 4.39 Å². The van der Waals surface area contributed by atoms with Gasteiger partial charge in [-0.3, -0.25) is 4.79 Å². The van der Waals surface area contributed by atoms with Gasteiger partial charge in [-0.25, -0.2) is 4.39 Å². The molecule has 19 heavy (non-hydrogen) atoms. The van der Waals surface area contributed by atoms with Crippen molar-refractivity contribution in [3.05, 3.63) is 35.6 Å². The minimum atomic E-state index is -0.269. The third kappa shape index (κ3) is 2.37. The monoisotopic (exact) mass is 262 g/mol. The second-order valence-corrected chi connectivity index (χ2v) is 5.58. The molecule has 0 spiro atoms. The summed E-state index contributed by atoms with van der Waals surface area (Å²) in [6.07, 6.45) is 4.96. The molecule has 1 saturated heterocycles. The first-order valence-electron chi connectivity index (χ1n) is 7.01. The van der Waals surface area contributed by atoms with Crippen molar-refractivity contribution in [1.82, 2.24) is 10.6 Å². The summed E-state index contributed by atoms with van der Waals surface area (Å²) in [4.78, 5) is 12.2. The van der Waals surface area contributed by atoms with Gasteiger partial charge in [-0.1, -0.05) is 12.1 Å². The maximum absolute atomic E-state index is 13.0. The number of hydrogen-bond donors (Lipinski definition) is 2. The number of rotatable bonds is 3. The van der Waals surface area contributed by atoms with Crippen LogP contribution in [0.1, 0.15) is 37.7 Å². The third-order valence-corrected chi connectivity index (χ3v) is 4.34. The van der Waals surface area contributed by atoms with E-state index >= 15 is 0 Å². The van der Waals surface area contributed by atoms with E-state index in [1.54, 1.807) is 12.1 Å². The second kappa shape index (κ2) is 4.93. The van der Waals surface area contributed by atoms with Gasteiger partial charge in [0.2, 0.25) is 5.91 Å². The molecule has 0 aromatic heterocycles. The summed E-state index contributed by atoms with van der Waals surface area (Å²) in [5.41, 5.74) is 0.751. The molecule has 1 aliphatic carbocycles. The Morgan fingerprint density at radius 1 is 1.26 bits per heavy atom. The van der Waals surface area contributed by atoms with Gasteiger partial charge in [0.05, 0.1) is 11.6 Å². The summed E-state index contributed by atoms with van der Waals surface area (Å²) in [5.74, 6) is -0.150. The average molecular weight is 262 g/mol. The molecule has 3 rings (SSSR count). The van der Waals surface area contributed by atoms with E-state index < -0.39 is 0 Å². The fraction of sp³-hybridized carbons (Fsp3) is 0.533. The first kappa shape index (κ1) is 12.6. The maximum atomic E-state index is 13.0. The van der Waals surface area contributed by atoms with E-state index in [4.69, 9.17) is 0 Å². The predicted molar refractivity (Wildman–Crippen MR) is 71.1 cm³/mol. The van der Waals surface area contributed by atoms with Crippen LogP contribution in [0.3, 0.4) is 0 Å². The van der Waals surface area contributed by atoms with Gasteiger partial charge in [0, 0.05) is 0 Å². The molecule has 102 valence electrons. The van der Waals surface area contributed by atoms with Crippen LogP contribution in [-0.2, 0) is 10.3 Å². The lowest BCUT2D eigenvalue weighted by Crippen LogP contribution is -2.55. The van der Waals surface area contributed by atoms with Crippen molar-refractivity contribution in [2.45, 2.75) is 43.7 Å². The van der Waals surface area contributed by atoms with E-state index in [1.165, 1.54) is 12.1 Å². The standard InChI is InChI=1S/C15H19FN2O/c16-12-6-4-11(5-7-12)15(8-2-9-15)18-14(19)13-3-1-10-17-13/h4-7,13,17H,1-3,8-10H2,(H,18,19). The van der Waals surface area contributed by atoms with E-state index in [0.29, 0.717) is 0 Å². The van der Waals surface area contributed by atoms with Gasteiger partial charge in [-0.15, -0.1) is 0 Å². The number of halogens is 1. The molecule has 1 unspecified atom stereocenters. The van der Waals surface area contributed by atoms with E-state index in [9.17, 15) is 9.18 Å². The van der Waals surface area contributed by atoms with Crippen molar-refractivity contribution >= 4 is 5.91 Å². The number of carbonyl (C=O) groups is 1. The molecule has 0 radical (unpaired) electrons. The van der Waals surface area contributed by atoms with Crippen molar-refractivity contribution in [3.8, 4) is 0 Å². The zero-order valence-electron chi connectivity index (χ0n) is 10.9. The fourth-order valence-electron chi connectivity index (χ4n) is 3.02. The Labute approximate surface area is 112 Å². The van der Waals surface area contributed by atoms with E-state index in [1.807, 2.05) is 0 Å². The zero-order valence-corrected chi connectivity index (χ0v) is 10.9. The fourth-order valence-corrected chi connectivity index (χ4v) is 3.02. The van der Waals surface area contributed by atoms with Crippen LogP contribution in [-0.4, -0.2) is 18.5 Å². The van der Waals surface area contributed by atoms with Gasteiger partial charge in [-0.05, 0) is 56.3 Å². The largest absolute Gasteiger partial charge is 0.345 e. The summed E-state index contributed by atoms with van der Waals surface area (Å²) in [7, 11) is 0. The van der Waals surface area contributed by atoms with Crippen molar-refractivity contribution in [2.24, 2.45) is 0 Å². The molecule has 1 aromatic carbocycles. The number of carbonyl (C=O) groups excluding carboxylic acids is 1. The molecule has 1 amide bonds. The molecule has 2 aliphatic rings. The van der Waals surface area contributed by atoms with Crippen LogP contribution in [0.5, 0.6) is 0 Å². The lowest BCUT2D eigenvalue weighted by Gasteiger charge is -2.43. The Kier molecular flexibility index (Phi) is 3.27. The molecule has 1 aliphatic heterocycles. The third-order valence-electron chi connectivity index (χ3n) is 4.34. The lowest BCUT2D eigenvalue weighted by molar-refractivity contribution is -0.126. The topological polar surface area (TPSA) is 41.1 Å². The van der Waals surface area contributed by atoms with Gasteiger partial charge in [0.1, 0.15) is 5.82 Å². The summed E-state index contributed by atoms with van der Waals surface area (Å²) in [6, 6.07) is 6.45. The first-order valence-corrected chi connectivity index (χ1v) is 7.01. The van der Waals surface area contributed by atoms with Crippen molar-refractivity contribution in [2.75, 3.05) is 6.54 Å². The molecular formula is C15H19FN2O. The number of nitrogens with one attached hydrogen (secondary N) is 2. The zero-order chi connectivity index (χ0) is 13.3. The van der Waals surface area contributed by atoms with Crippen LogP contribution in [0, 0.1) is 5.82 Å². The van der Waals surface area contributed by atoms with E-state index in [2.05, 4.69) is 10.6 Å². The first-order chi connectivity index (χ1) is 9.20. The highest BCUT2D eigenvalue weighted by atomic mass is 19.1. The Balaban J connectivity index is 1.75. The summed E-state index contributed by atoms with van der Waals surface area (Å²) < 4.78 is 13.0. The van der Waals surface area contributed by atoms with Crippen LogP contribution in [0.25, 0.3) is 0 Å². The SMILES string of the molecule is O=C(NC1(c2ccc(F)cc2)CCC1)C1CCCN1. The van der Waals surface area contributed by atoms with Crippen molar-refractivity contribution in [1.29, 1.82) is 0 Å². The van der Waals surface area contributed by atoms with Gasteiger partial charge < -0.3 is 10.6 Å². The number of hydrogen-bond acceptors (Lipinski definition) is 2. The maximum Gasteiger partial charge on any atom is 0.237 e. The number of amides is 1. The molecule has 4 heteroatoms. The van der Waals surface area contributed by atoms with Crippen molar-refractivity contribution in [3.63, 3.8) is 0 Å². The molecule has 1 heterocycles. The lowest BCUT2D eigenvalue weighted by atomic mass is 9.71. The van der Waals surface area contributed by atoms with Gasteiger partial charge in [-0.2, -0.15) is 0 Å². The summed E-state index contributed by atoms with van der Waals surface area (Å²) in [5, 5.41) is 6.40. The highest BCUT2D eigenvalue weighted by molar-refractivity contribution is 5.83. The molecule has 2 N–H and O–H groups in total. The highest BCUT2D eigenvalue weighted by Crippen LogP contribution is 2.41. The van der Waals surface area contributed by atoms with Crippen LogP contribution in [0.15, 0.2) is 24.3 Å². The normalized spacial score (nSPS) is 24.8. The molecule has 2 fully saturated rings. The molecule has 1 atom stereocenters. The van der Waals surface area contributed by atoms with Gasteiger partial charge in [0.25, 0.3) is 0 Å². The second-order valence-electron chi connectivity index (χ2n) is 5.58. The minimum Gasteiger partial charge on any atom is -0.345 e. The predicted octanol–water partition coefficient (Wildman–Crippen LogP) is 2.07. The molecular weight excluding hydrogens is 243 g/mol. The van der Waals surface area contributed by atoms with E-state index in [-0.39, 0.29) is 23.3 Å². The molecule has 3 nitrogen and oxygen atoms in total. The quantitative estimate of drug-likeness (QED) is 0.875. The van der Waals surface area contributed by atoms with Crippen LogP contribution >= 0.6 is 0 Å². The summed E-state index contributed by atoms with van der Waals surface area (Å²) >= 11 is 0. The van der Waals surface area contributed by atoms with Gasteiger partial charge >= 0.3 is 0 Å². The number of benzene rings is 1. The van der Waals surface area contributed by atoms with Crippen LogP contribution in [0.2, 0.25) is 0 Å². The smallest absolute Gasteiger partial charge is 0.237 e. The average Bonchev–Trinajstić information content (AvgIpc) is 2.89.